The highest BCUT2D eigenvalue weighted by Gasteiger charge is 2.70. The molecular weight excluding hydrogens is 1120 g/mol. The lowest BCUT2D eigenvalue weighted by molar-refractivity contribution is -0.410. The smallest absolute Gasteiger partial charge is 0.187 e. The average Bonchev–Trinajstić information content (AvgIpc) is 1.56. The number of hydrogen-bond acceptors (Lipinski definition) is 28. The molecule has 7 aliphatic heterocycles. The van der Waals surface area contributed by atoms with E-state index < -0.39 is 198 Å². The molecule has 7 saturated heterocycles. The standard InChI is InChI=1S/C56H92O28/c1-20-7-10-56(74-18-20)21(2)34-29(84-56)12-25-23-6-5-22-11-28(26(61)13-55(22,4)24(23)8-9-54(25,34)3)75-50-43(71)40(68)45(33(17-60)79-50)80-53-48(47(38(66)32(16-59)78-53)82-49-41(69)35(63)27(62)19-73-49)83-52-44(72)46(37(65)31(15-58)77-52)81-51-42(70)39(67)36(64)30(14-57)76-51/h20-53,57-72H,5-19H2,1-4H3. The van der Waals surface area contributed by atoms with Crippen LogP contribution < -0.4 is 0 Å². The molecule has 37 unspecified atom stereocenters. The van der Waals surface area contributed by atoms with Gasteiger partial charge in [-0.05, 0) is 97.7 Å². The van der Waals surface area contributed by atoms with Gasteiger partial charge in [0.25, 0.3) is 0 Å². The molecule has 4 aliphatic carbocycles. The first-order valence-corrected chi connectivity index (χ1v) is 30.3. The minimum absolute atomic E-state index is 0.101. The average molecular weight is 1210 g/mol. The van der Waals surface area contributed by atoms with Crippen LogP contribution in [0, 0.1) is 52.3 Å². The normalized spacial score (nSPS) is 57.7. The van der Waals surface area contributed by atoms with E-state index in [1.165, 1.54) is 0 Å². The summed E-state index contributed by atoms with van der Waals surface area (Å²) in [6.07, 6.45) is -39.0. The van der Waals surface area contributed by atoms with Crippen LogP contribution in [0.3, 0.4) is 0 Å². The van der Waals surface area contributed by atoms with E-state index in [1.807, 2.05) is 0 Å². The van der Waals surface area contributed by atoms with Gasteiger partial charge in [0.1, 0.15) is 116 Å². The first-order valence-electron chi connectivity index (χ1n) is 30.3. The van der Waals surface area contributed by atoms with Crippen LogP contribution in [0.5, 0.6) is 0 Å². The number of aliphatic hydroxyl groups excluding tert-OH is 16. The van der Waals surface area contributed by atoms with Gasteiger partial charge in [0.2, 0.25) is 0 Å². The molecule has 0 aromatic carbocycles. The molecule has 11 aliphatic rings. The molecule has 16 N–H and O–H groups in total. The third-order valence-electron chi connectivity index (χ3n) is 22.1. The SMILES string of the molecule is CC1CCC2(OC1)OC1CC3C4CCC5CC(OC6OC(CO)C(OC7OC(CO)C(O)C(OC8OCC(O)C(O)C8O)C7OC7OC(CO)C(O)C(OC8OC(CO)C(O)C(O)C8O)C7O)C(O)C6O)C(O)CC5(C)C4CCC3(C)C1C2C. The second-order valence-electron chi connectivity index (χ2n) is 26.8. The largest absolute Gasteiger partial charge is 0.394 e. The summed E-state index contributed by atoms with van der Waals surface area (Å²) in [7, 11) is 0. The Hall–Kier alpha value is -1.12. The maximum absolute atomic E-state index is 12.1. The van der Waals surface area contributed by atoms with E-state index in [4.69, 9.17) is 56.8 Å². The Labute approximate surface area is 486 Å². The molecule has 84 heavy (non-hydrogen) atoms. The van der Waals surface area contributed by atoms with Gasteiger partial charge in [-0.3, -0.25) is 0 Å². The fourth-order valence-corrected chi connectivity index (χ4v) is 17.4. The van der Waals surface area contributed by atoms with Gasteiger partial charge in [0.05, 0.1) is 58.0 Å². The molecule has 484 valence electrons. The van der Waals surface area contributed by atoms with E-state index in [2.05, 4.69) is 27.7 Å². The predicted octanol–water partition coefficient (Wildman–Crippen LogP) is -5.48. The molecule has 28 heteroatoms. The van der Waals surface area contributed by atoms with Crippen molar-refractivity contribution in [1.29, 1.82) is 0 Å². The summed E-state index contributed by atoms with van der Waals surface area (Å²) in [5.74, 6) is 2.10. The lowest BCUT2D eigenvalue weighted by Crippen LogP contribution is -2.69. The summed E-state index contributed by atoms with van der Waals surface area (Å²) in [4.78, 5) is 0. The van der Waals surface area contributed by atoms with Crippen molar-refractivity contribution in [3.8, 4) is 0 Å². The lowest BCUT2D eigenvalue weighted by Gasteiger charge is -2.62. The van der Waals surface area contributed by atoms with Crippen LogP contribution in [0.1, 0.15) is 85.5 Å². The van der Waals surface area contributed by atoms with Crippen LogP contribution in [0.25, 0.3) is 0 Å². The van der Waals surface area contributed by atoms with Crippen molar-refractivity contribution in [3.63, 3.8) is 0 Å². The highest BCUT2D eigenvalue weighted by atomic mass is 16.8. The monoisotopic (exact) mass is 1210 g/mol. The summed E-state index contributed by atoms with van der Waals surface area (Å²) in [5, 5.41) is 176. The molecule has 0 bridgehead atoms. The van der Waals surface area contributed by atoms with E-state index >= 15 is 0 Å². The molecule has 0 aromatic rings. The fourth-order valence-electron chi connectivity index (χ4n) is 17.4. The Bertz CT molecular complexity index is 2180. The second kappa shape index (κ2) is 25.2. The first kappa shape index (κ1) is 64.4. The van der Waals surface area contributed by atoms with Crippen LogP contribution in [0.15, 0.2) is 0 Å². The molecule has 0 aromatic heterocycles. The first-order chi connectivity index (χ1) is 39.9. The van der Waals surface area contributed by atoms with E-state index in [0.717, 1.165) is 51.6 Å². The van der Waals surface area contributed by atoms with Gasteiger partial charge in [-0.2, -0.15) is 0 Å². The fraction of sp³-hybridized carbons (Fsp3) is 1.00. The van der Waals surface area contributed by atoms with Crippen molar-refractivity contribution in [2.24, 2.45) is 52.3 Å². The predicted molar refractivity (Wildman–Crippen MR) is 276 cm³/mol. The van der Waals surface area contributed by atoms with Gasteiger partial charge in [-0.15, -0.1) is 0 Å². The van der Waals surface area contributed by atoms with Crippen LogP contribution in [-0.4, -0.2) is 293 Å². The maximum Gasteiger partial charge on any atom is 0.187 e. The van der Waals surface area contributed by atoms with Crippen LogP contribution >= 0.6 is 0 Å². The van der Waals surface area contributed by atoms with Crippen molar-refractivity contribution in [2.45, 2.75) is 257 Å². The zero-order valence-corrected chi connectivity index (χ0v) is 47.8. The lowest BCUT2D eigenvalue weighted by atomic mass is 9.44. The minimum atomic E-state index is -2.20. The van der Waals surface area contributed by atoms with E-state index in [0.29, 0.717) is 42.4 Å². The molecule has 0 amide bonds. The third-order valence-corrected chi connectivity index (χ3v) is 22.1. The summed E-state index contributed by atoms with van der Waals surface area (Å²) >= 11 is 0. The summed E-state index contributed by atoms with van der Waals surface area (Å²) in [6.45, 7) is 5.74. The van der Waals surface area contributed by atoms with Gasteiger partial charge in [-0.25, -0.2) is 0 Å². The van der Waals surface area contributed by atoms with Gasteiger partial charge in [0, 0.05) is 12.3 Å². The molecule has 4 saturated carbocycles. The summed E-state index contributed by atoms with van der Waals surface area (Å²) in [5.41, 5.74) is -0.128. The zero-order valence-electron chi connectivity index (χ0n) is 47.8. The zero-order chi connectivity index (χ0) is 60.2. The van der Waals surface area contributed by atoms with Crippen LogP contribution in [-0.2, 0) is 56.8 Å². The Morgan fingerprint density at radius 1 is 0.452 bits per heavy atom. The highest BCUT2D eigenvalue weighted by Crippen LogP contribution is 2.71. The number of ether oxygens (including phenoxy) is 12. The van der Waals surface area contributed by atoms with Crippen LogP contribution in [0.2, 0.25) is 0 Å². The van der Waals surface area contributed by atoms with E-state index in [1.54, 1.807) is 0 Å². The summed E-state index contributed by atoms with van der Waals surface area (Å²) in [6, 6.07) is 0. The number of rotatable bonds is 14. The molecule has 11 rings (SSSR count). The summed E-state index contributed by atoms with van der Waals surface area (Å²) < 4.78 is 73.1. The maximum atomic E-state index is 12.1. The molecule has 37 atom stereocenters. The van der Waals surface area contributed by atoms with Crippen molar-refractivity contribution in [3.05, 3.63) is 0 Å². The number of hydrogen-bond donors (Lipinski definition) is 16. The van der Waals surface area contributed by atoms with Crippen molar-refractivity contribution in [2.75, 3.05) is 39.6 Å². The van der Waals surface area contributed by atoms with Gasteiger partial charge >= 0.3 is 0 Å². The van der Waals surface area contributed by atoms with Gasteiger partial charge in [0.15, 0.2) is 37.2 Å². The number of aliphatic hydroxyl groups is 16. The molecule has 0 radical (unpaired) electrons. The van der Waals surface area contributed by atoms with E-state index in [-0.39, 0.29) is 28.8 Å². The van der Waals surface area contributed by atoms with E-state index in [9.17, 15) is 81.7 Å². The van der Waals surface area contributed by atoms with Crippen LogP contribution in [0.4, 0.5) is 0 Å². The quantitative estimate of drug-likeness (QED) is 0.0722. The Morgan fingerprint density at radius 2 is 1.02 bits per heavy atom. The third kappa shape index (κ3) is 11.2. The molecule has 1 spiro atoms. The number of fused-ring (bicyclic) bond motifs is 7. The Kier molecular flexibility index (Phi) is 19.3. The Morgan fingerprint density at radius 3 is 1.69 bits per heavy atom. The second-order valence-corrected chi connectivity index (χ2v) is 26.8. The van der Waals surface area contributed by atoms with Crippen molar-refractivity contribution >= 4 is 0 Å². The van der Waals surface area contributed by atoms with Gasteiger partial charge < -0.3 is 139 Å². The molecular formula is C56H92O28. The minimum Gasteiger partial charge on any atom is -0.394 e. The molecule has 28 nitrogen and oxygen atoms in total. The molecule has 7 heterocycles. The molecule has 11 fully saturated rings. The Balaban J connectivity index is 0.793. The van der Waals surface area contributed by atoms with Gasteiger partial charge in [-0.1, -0.05) is 27.7 Å². The highest BCUT2D eigenvalue weighted by molar-refractivity contribution is 5.16. The topological polar surface area (TPSA) is 434 Å². The van der Waals surface area contributed by atoms with Crippen molar-refractivity contribution in [1.82, 2.24) is 0 Å². The van der Waals surface area contributed by atoms with Crippen molar-refractivity contribution < 1.29 is 139 Å².